The smallest absolute Gasteiger partial charge is 0.414 e. The zero-order valence-corrected chi connectivity index (χ0v) is 15.2. The number of carbonyl (C=O) groups excluding carboxylic acids is 2. The Morgan fingerprint density at radius 3 is 2.38 bits per heavy atom. The van der Waals surface area contributed by atoms with Gasteiger partial charge in [0.25, 0.3) is 0 Å². The number of amides is 1. The summed E-state index contributed by atoms with van der Waals surface area (Å²) < 4.78 is 15.5. The second-order valence-corrected chi connectivity index (χ2v) is 7.35. The van der Waals surface area contributed by atoms with Crippen LogP contribution in [0.3, 0.4) is 0 Å². The Balaban J connectivity index is 2.53. The monoisotopic (exact) mass is 336 g/mol. The number of hydrogen-bond donors (Lipinski definition) is 0. The van der Waals surface area contributed by atoms with Crippen LogP contribution in [0.15, 0.2) is 6.07 Å². The standard InChI is InChI=1S/C17H24N2O5/c1-16(2,3)24-15(21)19-9-17(4,5)13-10(19)8-11(22-6)12(18-13)14(20)23-7/h8H,9H2,1-7H3. The van der Waals surface area contributed by atoms with Gasteiger partial charge in [-0.1, -0.05) is 13.8 Å². The largest absolute Gasteiger partial charge is 0.494 e. The van der Waals surface area contributed by atoms with Gasteiger partial charge in [-0.05, 0) is 20.8 Å². The van der Waals surface area contributed by atoms with Crippen LogP contribution >= 0.6 is 0 Å². The molecule has 0 N–H and O–H groups in total. The SMILES string of the molecule is COC(=O)c1nc2c(cc1OC)N(C(=O)OC(C)(C)C)CC2(C)C. The Hall–Kier alpha value is -2.31. The summed E-state index contributed by atoms with van der Waals surface area (Å²) in [6.45, 7) is 9.75. The molecular weight excluding hydrogens is 312 g/mol. The summed E-state index contributed by atoms with van der Waals surface area (Å²) in [5.41, 5.74) is 0.278. The minimum absolute atomic E-state index is 0.0952. The molecule has 0 bridgehead atoms. The van der Waals surface area contributed by atoms with Gasteiger partial charge in [-0.2, -0.15) is 0 Å². The van der Waals surface area contributed by atoms with Gasteiger partial charge in [-0.25, -0.2) is 14.6 Å². The first-order chi connectivity index (χ1) is 11.0. The summed E-state index contributed by atoms with van der Waals surface area (Å²) in [4.78, 5) is 30.4. The third-order valence-electron chi connectivity index (χ3n) is 3.67. The molecule has 0 saturated carbocycles. The summed E-state index contributed by atoms with van der Waals surface area (Å²) in [6.07, 6.45) is -0.455. The maximum Gasteiger partial charge on any atom is 0.414 e. The second kappa shape index (κ2) is 5.96. The van der Waals surface area contributed by atoms with Crippen LogP contribution in [0.2, 0.25) is 0 Å². The molecule has 1 amide bonds. The number of hydrogen-bond acceptors (Lipinski definition) is 6. The van der Waals surface area contributed by atoms with E-state index in [1.54, 1.807) is 6.07 Å². The molecular formula is C17H24N2O5. The summed E-state index contributed by atoms with van der Waals surface area (Å²) in [7, 11) is 2.72. The van der Waals surface area contributed by atoms with Gasteiger partial charge in [-0.3, -0.25) is 4.90 Å². The van der Waals surface area contributed by atoms with Gasteiger partial charge < -0.3 is 14.2 Å². The number of pyridine rings is 1. The third-order valence-corrected chi connectivity index (χ3v) is 3.67. The first kappa shape index (κ1) is 18.0. The molecule has 7 heteroatoms. The highest BCUT2D eigenvalue weighted by Gasteiger charge is 2.42. The van der Waals surface area contributed by atoms with E-state index in [0.29, 0.717) is 17.9 Å². The van der Waals surface area contributed by atoms with Crippen molar-refractivity contribution in [2.75, 3.05) is 25.7 Å². The van der Waals surface area contributed by atoms with Gasteiger partial charge in [0.15, 0.2) is 11.4 Å². The number of fused-ring (bicyclic) bond motifs is 1. The molecule has 24 heavy (non-hydrogen) atoms. The first-order valence-corrected chi connectivity index (χ1v) is 7.68. The summed E-state index contributed by atoms with van der Waals surface area (Å²) in [6, 6.07) is 1.63. The Bertz CT molecular complexity index is 676. The molecule has 2 rings (SSSR count). The van der Waals surface area contributed by atoms with Gasteiger partial charge in [0, 0.05) is 18.0 Å². The van der Waals surface area contributed by atoms with Gasteiger partial charge in [-0.15, -0.1) is 0 Å². The highest BCUT2D eigenvalue weighted by Crippen LogP contribution is 2.42. The van der Waals surface area contributed by atoms with Gasteiger partial charge in [0.05, 0.1) is 25.6 Å². The number of esters is 1. The van der Waals surface area contributed by atoms with Crippen molar-refractivity contribution in [3.8, 4) is 5.75 Å². The van der Waals surface area contributed by atoms with E-state index in [4.69, 9.17) is 14.2 Å². The van der Waals surface area contributed by atoms with Crippen molar-refractivity contribution in [2.45, 2.75) is 45.6 Å². The predicted octanol–water partition coefficient (Wildman–Crippen LogP) is 2.91. The van der Waals surface area contributed by atoms with Crippen molar-refractivity contribution >= 4 is 17.7 Å². The van der Waals surface area contributed by atoms with Crippen molar-refractivity contribution < 1.29 is 23.8 Å². The minimum Gasteiger partial charge on any atom is -0.494 e. The van der Waals surface area contributed by atoms with Crippen LogP contribution in [0.4, 0.5) is 10.5 Å². The van der Waals surface area contributed by atoms with E-state index in [0.717, 1.165) is 0 Å². The van der Waals surface area contributed by atoms with Crippen LogP contribution in [-0.4, -0.2) is 43.4 Å². The van der Waals surface area contributed by atoms with Crippen LogP contribution in [-0.2, 0) is 14.9 Å². The van der Waals surface area contributed by atoms with E-state index in [9.17, 15) is 9.59 Å². The molecule has 0 saturated heterocycles. The Morgan fingerprint density at radius 2 is 1.88 bits per heavy atom. The number of anilines is 1. The number of rotatable bonds is 2. The lowest BCUT2D eigenvalue weighted by atomic mass is 9.91. The van der Waals surface area contributed by atoms with E-state index in [2.05, 4.69) is 4.98 Å². The van der Waals surface area contributed by atoms with E-state index in [1.807, 2.05) is 34.6 Å². The lowest BCUT2D eigenvalue weighted by Gasteiger charge is -2.25. The van der Waals surface area contributed by atoms with E-state index < -0.39 is 23.1 Å². The van der Waals surface area contributed by atoms with Crippen molar-refractivity contribution in [3.05, 3.63) is 17.5 Å². The molecule has 0 unspecified atom stereocenters. The molecule has 2 heterocycles. The molecule has 1 aliphatic rings. The fourth-order valence-corrected chi connectivity index (χ4v) is 2.62. The lowest BCUT2D eigenvalue weighted by Crippen LogP contribution is -2.38. The molecule has 7 nitrogen and oxygen atoms in total. The number of ether oxygens (including phenoxy) is 3. The van der Waals surface area contributed by atoms with E-state index in [1.165, 1.54) is 19.1 Å². The molecule has 0 atom stereocenters. The quantitative estimate of drug-likeness (QED) is 0.773. The molecule has 0 aromatic carbocycles. The molecule has 0 spiro atoms. The van der Waals surface area contributed by atoms with Crippen molar-refractivity contribution in [3.63, 3.8) is 0 Å². The highest BCUT2D eigenvalue weighted by atomic mass is 16.6. The fraction of sp³-hybridized carbons (Fsp3) is 0.588. The van der Waals surface area contributed by atoms with Crippen molar-refractivity contribution in [1.82, 2.24) is 4.98 Å². The number of nitrogens with zero attached hydrogens (tertiary/aromatic N) is 2. The Morgan fingerprint density at radius 1 is 1.25 bits per heavy atom. The van der Waals surface area contributed by atoms with Crippen LogP contribution < -0.4 is 9.64 Å². The van der Waals surface area contributed by atoms with E-state index >= 15 is 0 Å². The Kier molecular flexibility index (Phi) is 4.48. The van der Waals surface area contributed by atoms with Gasteiger partial charge in [0.1, 0.15) is 5.60 Å². The number of aromatic nitrogens is 1. The average Bonchev–Trinajstić information content (AvgIpc) is 2.74. The van der Waals surface area contributed by atoms with Crippen LogP contribution in [0.1, 0.15) is 50.8 Å². The third kappa shape index (κ3) is 3.29. The first-order valence-electron chi connectivity index (χ1n) is 7.68. The van der Waals surface area contributed by atoms with E-state index in [-0.39, 0.29) is 11.4 Å². The molecule has 132 valence electrons. The molecule has 0 fully saturated rings. The fourth-order valence-electron chi connectivity index (χ4n) is 2.62. The normalized spacial score (nSPS) is 15.7. The van der Waals surface area contributed by atoms with Crippen LogP contribution in [0.25, 0.3) is 0 Å². The minimum atomic E-state index is -0.604. The highest BCUT2D eigenvalue weighted by molar-refractivity contribution is 5.95. The number of carbonyl (C=O) groups is 2. The van der Waals surface area contributed by atoms with Crippen molar-refractivity contribution in [2.24, 2.45) is 0 Å². The Labute approximate surface area is 141 Å². The zero-order valence-electron chi connectivity index (χ0n) is 15.2. The summed E-state index contributed by atoms with van der Waals surface area (Å²) >= 11 is 0. The molecule has 0 radical (unpaired) electrons. The predicted molar refractivity (Wildman–Crippen MR) is 88.7 cm³/mol. The van der Waals surface area contributed by atoms with Crippen LogP contribution in [0, 0.1) is 0 Å². The zero-order chi connectivity index (χ0) is 18.3. The average molecular weight is 336 g/mol. The van der Waals surface area contributed by atoms with Gasteiger partial charge in [0.2, 0.25) is 0 Å². The lowest BCUT2D eigenvalue weighted by molar-refractivity contribution is 0.0574. The topological polar surface area (TPSA) is 78.0 Å². The van der Waals surface area contributed by atoms with Crippen molar-refractivity contribution in [1.29, 1.82) is 0 Å². The van der Waals surface area contributed by atoms with Crippen LogP contribution in [0.5, 0.6) is 5.75 Å². The molecule has 0 aliphatic carbocycles. The maximum absolute atomic E-state index is 12.5. The molecule has 1 aliphatic heterocycles. The summed E-state index contributed by atoms with van der Waals surface area (Å²) in [5, 5.41) is 0. The number of methoxy groups -OCH3 is 2. The molecule has 1 aromatic heterocycles. The maximum atomic E-state index is 12.5. The summed E-state index contributed by atoms with van der Waals surface area (Å²) in [5.74, 6) is -0.326. The molecule has 1 aromatic rings. The van der Waals surface area contributed by atoms with Gasteiger partial charge >= 0.3 is 12.1 Å². The second-order valence-electron chi connectivity index (χ2n) is 7.35.